The summed E-state index contributed by atoms with van der Waals surface area (Å²) in [5.74, 6) is -0.573. The number of hydrogen-bond acceptors (Lipinski definition) is 6. The second-order valence-electron chi connectivity index (χ2n) is 3.57. The minimum atomic E-state index is -0.937. The van der Waals surface area contributed by atoms with Crippen molar-refractivity contribution < 1.29 is 28.9 Å². The molecule has 1 N–H and O–H groups in total. The van der Waals surface area contributed by atoms with Crippen LogP contribution >= 0.6 is 0 Å². The van der Waals surface area contributed by atoms with Crippen molar-refractivity contribution in [2.24, 2.45) is 0 Å². The SMILES string of the molecule is CCOC(=O)[C@@H]1C[C@@H](O)C(OC)N1C(=O)OC. The van der Waals surface area contributed by atoms with E-state index in [4.69, 9.17) is 9.47 Å². The van der Waals surface area contributed by atoms with Crippen LogP contribution in [0, 0.1) is 0 Å². The number of methoxy groups -OCH3 is 2. The summed E-state index contributed by atoms with van der Waals surface area (Å²) in [5, 5.41) is 9.71. The molecular weight excluding hydrogens is 230 g/mol. The van der Waals surface area contributed by atoms with Gasteiger partial charge in [-0.3, -0.25) is 4.90 Å². The minimum Gasteiger partial charge on any atom is -0.464 e. The predicted octanol–water partition coefficient (Wildman–Crippen LogP) is -0.276. The number of nitrogens with zero attached hydrogens (tertiary/aromatic N) is 1. The molecule has 1 unspecified atom stereocenters. The Balaban J connectivity index is 2.88. The van der Waals surface area contributed by atoms with Crippen LogP contribution in [0.5, 0.6) is 0 Å². The molecular formula is C10H17NO6. The molecule has 7 heteroatoms. The Hall–Kier alpha value is -1.34. The quantitative estimate of drug-likeness (QED) is 0.691. The summed E-state index contributed by atoms with van der Waals surface area (Å²) in [7, 11) is 2.54. The van der Waals surface area contributed by atoms with E-state index in [0.717, 1.165) is 4.90 Å². The lowest BCUT2D eigenvalue weighted by Gasteiger charge is -2.26. The van der Waals surface area contributed by atoms with Gasteiger partial charge in [-0.25, -0.2) is 9.59 Å². The van der Waals surface area contributed by atoms with E-state index in [1.165, 1.54) is 14.2 Å². The van der Waals surface area contributed by atoms with E-state index >= 15 is 0 Å². The highest BCUT2D eigenvalue weighted by Crippen LogP contribution is 2.26. The van der Waals surface area contributed by atoms with E-state index in [0.29, 0.717) is 0 Å². The van der Waals surface area contributed by atoms with E-state index in [1.54, 1.807) is 6.92 Å². The van der Waals surface area contributed by atoms with Crippen molar-refractivity contribution in [3.05, 3.63) is 0 Å². The molecule has 1 rings (SSSR count). The molecule has 1 aliphatic heterocycles. The highest BCUT2D eigenvalue weighted by molar-refractivity contribution is 5.82. The lowest BCUT2D eigenvalue weighted by atomic mass is 10.2. The first kappa shape index (κ1) is 13.7. The van der Waals surface area contributed by atoms with Crippen LogP contribution < -0.4 is 0 Å². The third-order valence-electron chi connectivity index (χ3n) is 2.59. The van der Waals surface area contributed by atoms with Crippen LogP contribution in [0.2, 0.25) is 0 Å². The van der Waals surface area contributed by atoms with Gasteiger partial charge in [0, 0.05) is 13.5 Å². The lowest BCUT2D eigenvalue weighted by molar-refractivity contribution is -0.150. The number of aliphatic hydroxyl groups excluding tert-OH is 1. The maximum atomic E-state index is 11.6. The van der Waals surface area contributed by atoms with Gasteiger partial charge in [0.15, 0.2) is 6.23 Å². The van der Waals surface area contributed by atoms with Crippen molar-refractivity contribution >= 4 is 12.1 Å². The fourth-order valence-electron chi connectivity index (χ4n) is 1.88. The molecule has 0 bridgehead atoms. The van der Waals surface area contributed by atoms with Crippen molar-refractivity contribution in [1.29, 1.82) is 0 Å². The van der Waals surface area contributed by atoms with Crippen molar-refractivity contribution in [1.82, 2.24) is 4.90 Å². The number of hydrogen-bond donors (Lipinski definition) is 1. The number of esters is 1. The fourth-order valence-corrected chi connectivity index (χ4v) is 1.88. The Morgan fingerprint density at radius 3 is 2.53 bits per heavy atom. The molecule has 0 saturated carbocycles. The van der Waals surface area contributed by atoms with Crippen molar-refractivity contribution in [2.45, 2.75) is 31.7 Å². The van der Waals surface area contributed by atoms with Gasteiger partial charge >= 0.3 is 12.1 Å². The maximum Gasteiger partial charge on any atom is 0.412 e. The van der Waals surface area contributed by atoms with Gasteiger partial charge in [0.05, 0.1) is 13.7 Å². The Morgan fingerprint density at radius 1 is 1.41 bits per heavy atom. The first-order valence-electron chi connectivity index (χ1n) is 5.30. The topological polar surface area (TPSA) is 85.3 Å². The minimum absolute atomic E-state index is 0.0758. The molecule has 17 heavy (non-hydrogen) atoms. The first-order chi connectivity index (χ1) is 8.06. The molecule has 1 fully saturated rings. The molecule has 0 radical (unpaired) electrons. The smallest absolute Gasteiger partial charge is 0.412 e. The molecule has 1 saturated heterocycles. The largest absolute Gasteiger partial charge is 0.464 e. The Kier molecular flexibility index (Phi) is 4.71. The average molecular weight is 247 g/mol. The molecule has 0 aromatic rings. The predicted molar refractivity (Wildman–Crippen MR) is 56.1 cm³/mol. The van der Waals surface area contributed by atoms with Crippen LogP contribution in [0.4, 0.5) is 4.79 Å². The molecule has 7 nitrogen and oxygen atoms in total. The van der Waals surface area contributed by atoms with Crippen LogP contribution in [0.25, 0.3) is 0 Å². The molecule has 98 valence electrons. The van der Waals surface area contributed by atoms with Crippen LogP contribution in [0.3, 0.4) is 0 Å². The molecule has 0 spiro atoms. The summed E-state index contributed by atoms with van der Waals surface area (Å²) < 4.78 is 14.4. The van der Waals surface area contributed by atoms with Gasteiger partial charge in [-0.1, -0.05) is 0 Å². The number of carbonyl (C=O) groups excluding carboxylic acids is 2. The van der Waals surface area contributed by atoms with E-state index in [-0.39, 0.29) is 13.0 Å². The summed E-state index contributed by atoms with van der Waals surface area (Å²) >= 11 is 0. The zero-order chi connectivity index (χ0) is 13.0. The number of carbonyl (C=O) groups is 2. The molecule has 0 aliphatic carbocycles. The number of amides is 1. The zero-order valence-electron chi connectivity index (χ0n) is 10.1. The maximum absolute atomic E-state index is 11.6. The van der Waals surface area contributed by atoms with E-state index in [1.807, 2.05) is 0 Å². The summed E-state index contributed by atoms with van der Waals surface area (Å²) in [6, 6.07) is -0.873. The summed E-state index contributed by atoms with van der Waals surface area (Å²) in [4.78, 5) is 24.3. The standard InChI is InChI=1S/C10H17NO6/c1-4-17-9(13)6-5-7(12)8(15-2)11(6)10(14)16-3/h6-8,12H,4-5H2,1-3H3/t6-,7+,8?/m0/s1. The summed E-state index contributed by atoms with van der Waals surface area (Å²) in [6.07, 6.45) is -2.48. The number of likely N-dealkylation sites (tertiary alicyclic amines) is 1. The third kappa shape index (κ3) is 2.67. The van der Waals surface area contributed by atoms with Crippen LogP contribution in [0.15, 0.2) is 0 Å². The second kappa shape index (κ2) is 5.83. The number of aliphatic hydroxyl groups is 1. The van der Waals surface area contributed by atoms with Crippen molar-refractivity contribution in [3.63, 3.8) is 0 Å². The Labute approximate surface area is 99.2 Å². The van der Waals surface area contributed by atoms with E-state index < -0.39 is 30.4 Å². The molecule has 1 amide bonds. The molecule has 1 aliphatic rings. The third-order valence-corrected chi connectivity index (χ3v) is 2.59. The summed E-state index contributed by atoms with van der Waals surface area (Å²) in [5.41, 5.74) is 0. The zero-order valence-corrected chi connectivity index (χ0v) is 10.1. The van der Waals surface area contributed by atoms with Gasteiger partial charge in [-0.05, 0) is 6.92 Å². The van der Waals surface area contributed by atoms with Gasteiger partial charge in [0.25, 0.3) is 0 Å². The molecule has 0 aromatic carbocycles. The van der Waals surface area contributed by atoms with Crippen molar-refractivity contribution in [3.8, 4) is 0 Å². The summed E-state index contributed by atoms with van der Waals surface area (Å²) in [6.45, 7) is 1.87. The Bertz CT molecular complexity index is 295. The highest BCUT2D eigenvalue weighted by Gasteiger charge is 2.48. The highest BCUT2D eigenvalue weighted by atomic mass is 16.6. The fraction of sp³-hybridized carbons (Fsp3) is 0.800. The molecule has 3 atom stereocenters. The molecule has 1 heterocycles. The normalized spacial score (nSPS) is 28.0. The van der Waals surface area contributed by atoms with Gasteiger partial charge in [-0.15, -0.1) is 0 Å². The lowest BCUT2D eigenvalue weighted by Crippen LogP contribution is -2.47. The van der Waals surface area contributed by atoms with Crippen molar-refractivity contribution in [2.75, 3.05) is 20.8 Å². The van der Waals surface area contributed by atoms with E-state index in [9.17, 15) is 14.7 Å². The number of rotatable bonds is 3. The second-order valence-corrected chi connectivity index (χ2v) is 3.57. The van der Waals surface area contributed by atoms with Gasteiger partial charge in [0.1, 0.15) is 12.1 Å². The van der Waals surface area contributed by atoms with Crippen LogP contribution in [-0.2, 0) is 19.0 Å². The van der Waals surface area contributed by atoms with Gasteiger partial charge in [-0.2, -0.15) is 0 Å². The van der Waals surface area contributed by atoms with E-state index in [2.05, 4.69) is 4.74 Å². The number of ether oxygens (including phenoxy) is 3. The molecule has 0 aromatic heterocycles. The first-order valence-corrected chi connectivity index (χ1v) is 5.30. The van der Waals surface area contributed by atoms with Crippen LogP contribution in [-0.4, -0.2) is 61.3 Å². The average Bonchev–Trinajstić information content (AvgIpc) is 2.65. The Morgan fingerprint density at radius 2 is 2.06 bits per heavy atom. The monoisotopic (exact) mass is 247 g/mol. The van der Waals surface area contributed by atoms with Gasteiger partial charge < -0.3 is 19.3 Å². The van der Waals surface area contributed by atoms with Gasteiger partial charge in [0.2, 0.25) is 0 Å². The van der Waals surface area contributed by atoms with Crippen LogP contribution in [0.1, 0.15) is 13.3 Å².